The fourth-order valence-corrected chi connectivity index (χ4v) is 1.24. The molecule has 0 amide bonds. The molecular formula is C11H21NO4. The number of carbonyl (C=O) groups is 2. The van der Waals surface area contributed by atoms with Crippen LogP contribution in [-0.2, 0) is 14.3 Å². The van der Waals surface area contributed by atoms with E-state index in [2.05, 4.69) is 6.92 Å². The predicted molar refractivity (Wildman–Crippen MR) is 59.9 cm³/mol. The Hall–Kier alpha value is -1.10. The van der Waals surface area contributed by atoms with Crippen molar-refractivity contribution in [1.29, 1.82) is 0 Å². The largest absolute Gasteiger partial charge is 0.480 e. The first-order valence-electron chi connectivity index (χ1n) is 5.67. The second kappa shape index (κ2) is 8.10. The number of nitrogens with two attached hydrogens (primary N) is 1. The van der Waals surface area contributed by atoms with Gasteiger partial charge >= 0.3 is 11.9 Å². The summed E-state index contributed by atoms with van der Waals surface area (Å²) in [7, 11) is 0. The van der Waals surface area contributed by atoms with E-state index in [1.165, 1.54) is 6.92 Å². The number of unbranched alkanes of at least 4 members (excludes halogenated alkanes) is 3. The molecule has 0 aromatic carbocycles. The Morgan fingerprint density at radius 3 is 2.44 bits per heavy atom. The van der Waals surface area contributed by atoms with Crippen LogP contribution in [0.5, 0.6) is 0 Å². The van der Waals surface area contributed by atoms with Crippen LogP contribution < -0.4 is 5.73 Å². The van der Waals surface area contributed by atoms with Gasteiger partial charge in [0.1, 0.15) is 12.1 Å². The molecule has 5 nitrogen and oxygen atoms in total. The lowest BCUT2D eigenvalue weighted by molar-refractivity contribution is -0.153. The number of hydrogen-bond acceptors (Lipinski definition) is 4. The zero-order chi connectivity index (χ0) is 12.6. The first-order valence-corrected chi connectivity index (χ1v) is 5.67. The number of carboxylic acid groups (broad SMARTS) is 1. The average Bonchev–Trinajstić information content (AvgIpc) is 2.23. The van der Waals surface area contributed by atoms with Crippen LogP contribution in [0.3, 0.4) is 0 Å². The van der Waals surface area contributed by atoms with E-state index in [0.29, 0.717) is 6.42 Å². The van der Waals surface area contributed by atoms with Gasteiger partial charge in [-0.2, -0.15) is 0 Å². The monoisotopic (exact) mass is 231 g/mol. The van der Waals surface area contributed by atoms with Gasteiger partial charge in [-0.05, 0) is 13.3 Å². The van der Waals surface area contributed by atoms with Crippen molar-refractivity contribution < 1.29 is 19.4 Å². The summed E-state index contributed by atoms with van der Waals surface area (Å²) in [6.45, 7) is 3.58. The maximum atomic E-state index is 11.3. The molecule has 0 bridgehead atoms. The first-order chi connectivity index (χ1) is 7.49. The first kappa shape index (κ1) is 14.9. The van der Waals surface area contributed by atoms with Crippen molar-refractivity contribution in [2.45, 2.75) is 58.1 Å². The van der Waals surface area contributed by atoms with Gasteiger partial charge in [-0.15, -0.1) is 0 Å². The summed E-state index contributed by atoms with van der Waals surface area (Å²) < 4.78 is 4.91. The van der Waals surface area contributed by atoms with Gasteiger partial charge in [-0.25, -0.2) is 0 Å². The molecule has 1 unspecified atom stereocenters. The SMILES string of the molecule is CCCCCCC(=O)OC(C)[C@H](N)C(=O)O. The molecule has 0 aliphatic rings. The topological polar surface area (TPSA) is 89.6 Å². The number of esters is 1. The Bertz CT molecular complexity index is 230. The summed E-state index contributed by atoms with van der Waals surface area (Å²) in [6.07, 6.45) is 3.52. The maximum Gasteiger partial charge on any atom is 0.324 e. The molecule has 0 aromatic rings. The van der Waals surface area contributed by atoms with Crippen molar-refractivity contribution >= 4 is 11.9 Å². The Kier molecular flexibility index (Phi) is 7.54. The zero-order valence-electron chi connectivity index (χ0n) is 9.94. The molecule has 3 N–H and O–H groups in total. The highest BCUT2D eigenvalue weighted by molar-refractivity contribution is 5.75. The second-order valence-corrected chi connectivity index (χ2v) is 3.87. The summed E-state index contributed by atoms with van der Waals surface area (Å²) >= 11 is 0. The molecule has 5 heteroatoms. The van der Waals surface area contributed by atoms with Gasteiger partial charge in [0.15, 0.2) is 0 Å². The smallest absolute Gasteiger partial charge is 0.324 e. The highest BCUT2D eigenvalue weighted by Gasteiger charge is 2.23. The van der Waals surface area contributed by atoms with E-state index in [9.17, 15) is 9.59 Å². The van der Waals surface area contributed by atoms with Crippen LogP contribution in [0, 0.1) is 0 Å². The van der Waals surface area contributed by atoms with Crippen molar-refractivity contribution in [2.75, 3.05) is 0 Å². The minimum absolute atomic E-state index is 0.330. The number of aliphatic carboxylic acids is 1. The lowest BCUT2D eigenvalue weighted by Crippen LogP contribution is -2.42. The fourth-order valence-electron chi connectivity index (χ4n) is 1.24. The highest BCUT2D eigenvalue weighted by Crippen LogP contribution is 2.06. The molecular weight excluding hydrogens is 210 g/mol. The number of hydrogen-bond donors (Lipinski definition) is 2. The molecule has 0 spiro atoms. The predicted octanol–water partition coefficient (Wildman–Crippen LogP) is 1.30. The van der Waals surface area contributed by atoms with Crippen molar-refractivity contribution in [3.63, 3.8) is 0 Å². The van der Waals surface area contributed by atoms with Gasteiger partial charge < -0.3 is 15.6 Å². The van der Waals surface area contributed by atoms with Crippen LogP contribution in [0.4, 0.5) is 0 Å². The van der Waals surface area contributed by atoms with Gasteiger partial charge in [0.05, 0.1) is 0 Å². The third-order valence-corrected chi connectivity index (χ3v) is 2.34. The molecule has 0 heterocycles. The van der Waals surface area contributed by atoms with Crippen LogP contribution in [0.25, 0.3) is 0 Å². The molecule has 0 aromatic heterocycles. The van der Waals surface area contributed by atoms with Crippen molar-refractivity contribution in [3.05, 3.63) is 0 Å². The second-order valence-electron chi connectivity index (χ2n) is 3.87. The Morgan fingerprint density at radius 1 is 1.31 bits per heavy atom. The fraction of sp³-hybridized carbons (Fsp3) is 0.818. The number of carbonyl (C=O) groups excluding carboxylic acids is 1. The minimum atomic E-state index is -1.16. The molecule has 0 aliphatic heterocycles. The van der Waals surface area contributed by atoms with Crippen molar-refractivity contribution in [1.82, 2.24) is 0 Å². The van der Waals surface area contributed by atoms with Crippen LogP contribution >= 0.6 is 0 Å². The molecule has 2 atom stereocenters. The Balaban J connectivity index is 3.74. The number of rotatable bonds is 8. The van der Waals surface area contributed by atoms with Crippen LogP contribution in [-0.4, -0.2) is 29.2 Å². The molecule has 0 rings (SSSR count). The van der Waals surface area contributed by atoms with Crippen molar-refractivity contribution in [3.8, 4) is 0 Å². The molecule has 94 valence electrons. The van der Waals surface area contributed by atoms with E-state index in [1.807, 2.05) is 0 Å². The third-order valence-electron chi connectivity index (χ3n) is 2.34. The van der Waals surface area contributed by atoms with E-state index < -0.39 is 18.1 Å². The van der Waals surface area contributed by atoms with E-state index in [4.69, 9.17) is 15.6 Å². The molecule has 0 radical (unpaired) electrons. The van der Waals surface area contributed by atoms with E-state index in [-0.39, 0.29) is 5.97 Å². The van der Waals surface area contributed by atoms with Crippen LogP contribution in [0.15, 0.2) is 0 Å². The normalized spacial score (nSPS) is 14.2. The molecule has 0 fully saturated rings. The van der Waals surface area contributed by atoms with Crippen molar-refractivity contribution in [2.24, 2.45) is 5.73 Å². The van der Waals surface area contributed by atoms with Gasteiger partial charge in [-0.1, -0.05) is 26.2 Å². The molecule has 0 saturated heterocycles. The van der Waals surface area contributed by atoms with E-state index in [1.54, 1.807) is 0 Å². The minimum Gasteiger partial charge on any atom is -0.480 e. The summed E-state index contributed by atoms with van der Waals surface area (Å²) in [5.74, 6) is -1.54. The molecule has 16 heavy (non-hydrogen) atoms. The molecule has 0 aliphatic carbocycles. The lowest BCUT2D eigenvalue weighted by Gasteiger charge is -2.16. The van der Waals surface area contributed by atoms with Gasteiger partial charge in [0.25, 0.3) is 0 Å². The third kappa shape index (κ3) is 6.40. The zero-order valence-corrected chi connectivity index (χ0v) is 9.94. The standard InChI is InChI=1S/C11H21NO4/c1-3-4-5-6-7-9(13)16-8(2)10(12)11(14)15/h8,10H,3-7,12H2,1-2H3,(H,14,15)/t8?,10-/m0/s1. The Morgan fingerprint density at radius 2 is 1.94 bits per heavy atom. The summed E-state index contributed by atoms with van der Waals surface area (Å²) in [5, 5.41) is 8.60. The summed E-state index contributed by atoms with van der Waals surface area (Å²) in [5.41, 5.74) is 5.31. The quantitative estimate of drug-likeness (QED) is 0.485. The van der Waals surface area contributed by atoms with Gasteiger partial charge in [0.2, 0.25) is 0 Å². The maximum absolute atomic E-state index is 11.3. The van der Waals surface area contributed by atoms with Gasteiger partial charge in [-0.3, -0.25) is 9.59 Å². The van der Waals surface area contributed by atoms with E-state index in [0.717, 1.165) is 25.7 Å². The van der Waals surface area contributed by atoms with Crippen LogP contribution in [0.2, 0.25) is 0 Å². The van der Waals surface area contributed by atoms with Gasteiger partial charge in [0, 0.05) is 6.42 Å². The Labute approximate surface area is 96.0 Å². The van der Waals surface area contributed by atoms with E-state index >= 15 is 0 Å². The number of carboxylic acids is 1. The summed E-state index contributed by atoms with van der Waals surface area (Å²) in [6, 6.07) is -1.15. The number of ether oxygens (including phenoxy) is 1. The lowest BCUT2D eigenvalue weighted by atomic mass is 10.1. The molecule has 0 saturated carbocycles. The highest BCUT2D eigenvalue weighted by atomic mass is 16.5. The van der Waals surface area contributed by atoms with Crippen LogP contribution in [0.1, 0.15) is 46.0 Å². The average molecular weight is 231 g/mol. The summed E-state index contributed by atoms with van der Waals surface area (Å²) in [4.78, 5) is 21.8.